The van der Waals surface area contributed by atoms with Gasteiger partial charge >= 0.3 is 0 Å². The maximum absolute atomic E-state index is 4.52. The van der Waals surface area contributed by atoms with E-state index >= 15 is 0 Å². The summed E-state index contributed by atoms with van der Waals surface area (Å²) in [4.78, 5) is 8.55. The summed E-state index contributed by atoms with van der Waals surface area (Å²) in [6.45, 7) is 8.36. The van der Waals surface area contributed by atoms with Crippen molar-refractivity contribution in [3.63, 3.8) is 0 Å². The number of anilines is 1. The predicted octanol–water partition coefficient (Wildman–Crippen LogP) is 2.86. The van der Waals surface area contributed by atoms with Crippen molar-refractivity contribution in [1.29, 1.82) is 0 Å². The Hall–Kier alpha value is -1.78. The standard InChI is InChI=1S/C14H23N5/c1-12(2)19-10-13(3)17-14(19)16-6-4-5-8-18-9-7-15-11-18/h7,9-12H,4-6,8H2,1-3H3,(H,16,17). The van der Waals surface area contributed by atoms with Crippen LogP contribution >= 0.6 is 0 Å². The Labute approximate surface area is 114 Å². The number of aromatic nitrogens is 4. The molecule has 5 nitrogen and oxygen atoms in total. The van der Waals surface area contributed by atoms with E-state index in [0.717, 1.165) is 37.6 Å². The largest absolute Gasteiger partial charge is 0.356 e. The van der Waals surface area contributed by atoms with Gasteiger partial charge in [0.15, 0.2) is 0 Å². The maximum atomic E-state index is 4.52. The van der Waals surface area contributed by atoms with Gasteiger partial charge in [-0.05, 0) is 33.6 Å². The summed E-state index contributed by atoms with van der Waals surface area (Å²) in [7, 11) is 0. The Morgan fingerprint density at radius 3 is 2.84 bits per heavy atom. The third kappa shape index (κ3) is 3.84. The zero-order valence-corrected chi connectivity index (χ0v) is 12.0. The van der Waals surface area contributed by atoms with Crippen molar-refractivity contribution in [3.8, 4) is 0 Å². The summed E-state index contributed by atoms with van der Waals surface area (Å²) in [6, 6.07) is 0.439. The summed E-state index contributed by atoms with van der Waals surface area (Å²) < 4.78 is 4.30. The zero-order valence-electron chi connectivity index (χ0n) is 12.0. The number of hydrogen-bond donors (Lipinski definition) is 1. The maximum Gasteiger partial charge on any atom is 0.203 e. The van der Waals surface area contributed by atoms with Crippen LogP contribution in [0.25, 0.3) is 0 Å². The predicted molar refractivity (Wildman–Crippen MR) is 77.3 cm³/mol. The molecule has 0 saturated heterocycles. The van der Waals surface area contributed by atoms with Gasteiger partial charge in [-0.1, -0.05) is 0 Å². The third-order valence-corrected chi connectivity index (χ3v) is 3.09. The first-order chi connectivity index (χ1) is 9.16. The number of nitrogens with zero attached hydrogens (tertiary/aromatic N) is 4. The van der Waals surface area contributed by atoms with Crippen LogP contribution in [-0.4, -0.2) is 25.6 Å². The second-order valence-electron chi connectivity index (χ2n) is 5.14. The molecule has 2 aromatic rings. The monoisotopic (exact) mass is 261 g/mol. The van der Waals surface area contributed by atoms with Gasteiger partial charge in [0.25, 0.3) is 0 Å². The van der Waals surface area contributed by atoms with Gasteiger partial charge in [-0.3, -0.25) is 0 Å². The average Bonchev–Trinajstić information content (AvgIpc) is 2.98. The Balaban J connectivity index is 1.73. The molecule has 0 atom stereocenters. The molecule has 0 spiro atoms. The van der Waals surface area contributed by atoms with Gasteiger partial charge in [-0.25, -0.2) is 9.97 Å². The molecule has 19 heavy (non-hydrogen) atoms. The van der Waals surface area contributed by atoms with E-state index in [1.807, 2.05) is 25.6 Å². The fourth-order valence-corrected chi connectivity index (χ4v) is 2.08. The van der Waals surface area contributed by atoms with Crippen molar-refractivity contribution in [2.45, 2.75) is 46.2 Å². The summed E-state index contributed by atoms with van der Waals surface area (Å²) in [5.74, 6) is 0.982. The molecule has 0 radical (unpaired) electrons. The molecule has 0 aliphatic heterocycles. The molecule has 0 aliphatic carbocycles. The average molecular weight is 261 g/mol. The number of rotatable bonds is 7. The lowest BCUT2D eigenvalue weighted by Crippen LogP contribution is -2.10. The molecule has 0 fully saturated rings. The molecule has 0 aliphatic rings. The van der Waals surface area contributed by atoms with Gasteiger partial charge in [0.05, 0.1) is 12.0 Å². The van der Waals surface area contributed by atoms with Gasteiger partial charge in [-0.15, -0.1) is 0 Å². The molecule has 0 bridgehead atoms. The highest BCUT2D eigenvalue weighted by Crippen LogP contribution is 2.15. The summed E-state index contributed by atoms with van der Waals surface area (Å²) in [5, 5.41) is 3.42. The van der Waals surface area contributed by atoms with Crippen LogP contribution in [0.3, 0.4) is 0 Å². The van der Waals surface area contributed by atoms with E-state index in [9.17, 15) is 0 Å². The zero-order chi connectivity index (χ0) is 13.7. The van der Waals surface area contributed by atoms with Crippen LogP contribution in [0.4, 0.5) is 5.95 Å². The van der Waals surface area contributed by atoms with Crippen LogP contribution in [0, 0.1) is 6.92 Å². The molecule has 1 N–H and O–H groups in total. The van der Waals surface area contributed by atoms with Gasteiger partial charge < -0.3 is 14.5 Å². The third-order valence-electron chi connectivity index (χ3n) is 3.09. The molecule has 5 heteroatoms. The number of hydrogen-bond acceptors (Lipinski definition) is 3. The van der Waals surface area contributed by atoms with E-state index in [0.29, 0.717) is 6.04 Å². The smallest absolute Gasteiger partial charge is 0.203 e. The van der Waals surface area contributed by atoms with Crippen LogP contribution in [0.2, 0.25) is 0 Å². The normalized spacial score (nSPS) is 11.2. The first-order valence-electron chi connectivity index (χ1n) is 6.92. The van der Waals surface area contributed by atoms with Gasteiger partial charge in [-0.2, -0.15) is 0 Å². The van der Waals surface area contributed by atoms with Gasteiger partial charge in [0.1, 0.15) is 0 Å². The molecule has 104 valence electrons. The van der Waals surface area contributed by atoms with Gasteiger partial charge in [0, 0.05) is 37.7 Å². The highest BCUT2D eigenvalue weighted by molar-refractivity contribution is 5.29. The van der Waals surface area contributed by atoms with Crippen molar-refractivity contribution in [2.24, 2.45) is 0 Å². The first-order valence-corrected chi connectivity index (χ1v) is 6.92. The Morgan fingerprint density at radius 2 is 2.16 bits per heavy atom. The highest BCUT2D eigenvalue weighted by atomic mass is 15.2. The number of imidazole rings is 2. The fraction of sp³-hybridized carbons (Fsp3) is 0.571. The van der Waals surface area contributed by atoms with E-state index in [-0.39, 0.29) is 0 Å². The highest BCUT2D eigenvalue weighted by Gasteiger charge is 2.07. The van der Waals surface area contributed by atoms with Gasteiger partial charge in [0.2, 0.25) is 5.95 Å². The molecule has 0 unspecified atom stereocenters. The molecule has 2 rings (SSSR count). The van der Waals surface area contributed by atoms with E-state index in [1.165, 1.54) is 0 Å². The lowest BCUT2D eigenvalue weighted by Gasteiger charge is -2.12. The Bertz CT molecular complexity index is 484. The number of nitrogens with one attached hydrogen (secondary N) is 1. The second kappa shape index (κ2) is 6.41. The Morgan fingerprint density at radius 1 is 1.32 bits per heavy atom. The minimum Gasteiger partial charge on any atom is -0.356 e. The van der Waals surface area contributed by atoms with Crippen LogP contribution in [0.5, 0.6) is 0 Å². The van der Waals surface area contributed by atoms with Crippen LogP contribution in [0.15, 0.2) is 24.9 Å². The van der Waals surface area contributed by atoms with Crippen LogP contribution in [0.1, 0.15) is 38.4 Å². The number of aryl methyl sites for hydroxylation is 2. The van der Waals surface area contributed by atoms with E-state index < -0.39 is 0 Å². The van der Waals surface area contributed by atoms with Crippen LogP contribution < -0.4 is 5.32 Å². The van der Waals surface area contributed by atoms with E-state index in [4.69, 9.17) is 0 Å². The second-order valence-corrected chi connectivity index (χ2v) is 5.14. The van der Waals surface area contributed by atoms with Crippen molar-refractivity contribution >= 4 is 5.95 Å². The molecular weight excluding hydrogens is 238 g/mol. The summed E-state index contributed by atoms with van der Waals surface area (Å²) in [5.41, 5.74) is 1.06. The molecule has 0 aromatic carbocycles. The molecule has 0 saturated carbocycles. The van der Waals surface area contributed by atoms with Crippen LogP contribution in [-0.2, 0) is 6.54 Å². The summed E-state index contributed by atoms with van der Waals surface area (Å²) >= 11 is 0. The quantitative estimate of drug-likeness (QED) is 0.780. The lowest BCUT2D eigenvalue weighted by atomic mass is 10.3. The SMILES string of the molecule is Cc1cn(C(C)C)c(NCCCCn2ccnc2)n1. The molecular formula is C14H23N5. The molecule has 2 aromatic heterocycles. The first kappa shape index (κ1) is 13.6. The van der Waals surface area contributed by atoms with Crippen molar-refractivity contribution in [2.75, 3.05) is 11.9 Å². The lowest BCUT2D eigenvalue weighted by molar-refractivity contribution is 0.595. The molecule has 0 amide bonds. The topological polar surface area (TPSA) is 47.7 Å². The van der Waals surface area contributed by atoms with Crippen molar-refractivity contribution in [1.82, 2.24) is 19.1 Å². The minimum atomic E-state index is 0.439. The van der Waals surface area contributed by atoms with Crippen molar-refractivity contribution in [3.05, 3.63) is 30.6 Å². The molecule has 2 heterocycles. The van der Waals surface area contributed by atoms with E-state index in [2.05, 4.69) is 44.5 Å². The van der Waals surface area contributed by atoms with Crippen molar-refractivity contribution < 1.29 is 0 Å². The van der Waals surface area contributed by atoms with E-state index in [1.54, 1.807) is 0 Å². The Kier molecular flexibility index (Phi) is 4.60. The summed E-state index contributed by atoms with van der Waals surface area (Å²) in [6.07, 6.45) is 10.1. The number of unbranched alkanes of at least 4 members (excludes halogenated alkanes) is 1. The minimum absolute atomic E-state index is 0.439. The fourth-order valence-electron chi connectivity index (χ4n) is 2.08.